The van der Waals surface area contributed by atoms with E-state index in [1.165, 1.54) is 11.3 Å². The number of benzene rings is 2. The first-order valence-electron chi connectivity index (χ1n) is 10.2. The van der Waals surface area contributed by atoms with Gasteiger partial charge in [-0.3, -0.25) is 0 Å². The van der Waals surface area contributed by atoms with Crippen LogP contribution >= 0.6 is 0 Å². The SMILES string of the molecule is COc1ccc(CCNC(=O)N2CCN(c3ccc(OC(C)C)cc3)CC2)cc1. The van der Waals surface area contributed by atoms with Gasteiger partial charge in [-0.2, -0.15) is 0 Å². The second-order valence-corrected chi connectivity index (χ2v) is 7.46. The van der Waals surface area contributed by atoms with Crippen LogP contribution in [-0.2, 0) is 6.42 Å². The van der Waals surface area contributed by atoms with Gasteiger partial charge in [0.1, 0.15) is 11.5 Å². The van der Waals surface area contributed by atoms with E-state index < -0.39 is 0 Å². The molecule has 6 nitrogen and oxygen atoms in total. The second-order valence-electron chi connectivity index (χ2n) is 7.46. The molecule has 0 unspecified atom stereocenters. The average Bonchev–Trinajstić information content (AvgIpc) is 2.74. The summed E-state index contributed by atoms with van der Waals surface area (Å²) in [6.45, 7) is 7.77. The van der Waals surface area contributed by atoms with Crippen molar-refractivity contribution in [2.75, 3.05) is 44.7 Å². The number of urea groups is 1. The number of methoxy groups -OCH3 is 1. The van der Waals surface area contributed by atoms with Crippen molar-refractivity contribution in [3.63, 3.8) is 0 Å². The number of carbonyl (C=O) groups excluding carboxylic acids is 1. The first-order chi connectivity index (χ1) is 14.0. The Morgan fingerprint density at radius 1 is 0.966 bits per heavy atom. The van der Waals surface area contributed by atoms with Gasteiger partial charge in [-0.1, -0.05) is 12.1 Å². The molecule has 1 saturated heterocycles. The van der Waals surface area contributed by atoms with Gasteiger partial charge < -0.3 is 24.6 Å². The zero-order chi connectivity index (χ0) is 20.6. The number of ether oxygens (including phenoxy) is 2. The highest BCUT2D eigenvalue weighted by molar-refractivity contribution is 5.74. The van der Waals surface area contributed by atoms with Crippen LogP contribution in [0.1, 0.15) is 19.4 Å². The summed E-state index contributed by atoms with van der Waals surface area (Å²) in [5, 5.41) is 3.03. The maximum absolute atomic E-state index is 12.4. The largest absolute Gasteiger partial charge is 0.497 e. The van der Waals surface area contributed by atoms with Gasteiger partial charge >= 0.3 is 6.03 Å². The third kappa shape index (κ3) is 6.04. The van der Waals surface area contributed by atoms with E-state index in [1.54, 1.807) is 7.11 Å². The van der Waals surface area contributed by atoms with Crippen LogP contribution < -0.4 is 19.7 Å². The topological polar surface area (TPSA) is 54.0 Å². The summed E-state index contributed by atoms with van der Waals surface area (Å²) >= 11 is 0. The molecule has 29 heavy (non-hydrogen) atoms. The van der Waals surface area contributed by atoms with Crippen molar-refractivity contribution in [1.82, 2.24) is 10.2 Å². The molecule has 2 aromatic carbocycles. The maximum Gasteiger partial charge on any atom is 0.317 e. The predicted molar refractivity (Wildman–Crippen MR) is 116 cm³/mol. The predicted octanol–water partition coefficient (Wildman–Crippen LogP) is 3.56. The summed E-state index contributed by atoms with van der Waals surface area (Å²) in [4.78, 5) is 16.6. The number of anilines is 1. The summed E-state index contributed by atoms with van der Waals surface area (Å²) in [5.41, 5.74) is 2.35. The van der Waals surface area contributed by atoms with E-state index in [1.807, 2.05) is 55.1 Å². The number of carbonyl (C=O) groups is 1. The van der Waals surface area contributed by atoms with Crippen molar-refractivity contribution in [3.8, 4) is 11.5 Å². The molecular formula is C23H31N3O3. The Morgan fingerprint density at radius 3 is 2.17 bits per heavy atom. The summed E-state index contributed by atoms with van der Waals surface area (Å²) in [5.74, 6) is 1.73. The highest BCUT2D eigenvalue weighted by Gasteiger charge is 2.21. The number of hydrogen-bond acceptors (Lipinski definition) is 4. The van der Waals surface area contributed by atoms with Crippen LogP contribution in [0.5, 0.6) is 11.5 Å². The Bertz CT molecular complexity index is 767. The normalized spacial score (nSPS) is 14.1. The lowest BCUT2D eigenvalue weighted by atomic mass is 10.1. The van der Waals surface area contributed by atoms with Gasteiger partial charge in [-0.15, -0.1) is 0 Å². The van der Waals surface area contributed by atoms with E-state index in [-0.39, 0.29) is 12.1 Å². The van der Waals surface area contributed by atoms with E-state index in [4.69, 9.17) is 9.47 Å². The number of amides is 2. The van der Waals surface area contributed by atoms with Crippen LogP contribution in [-0.4, -0.2) is 56.9 Å². The first kappa shape index (κ1) is 20.8. The standard InChI is InChI=1S/C23H31N3O3/c1-18(2)29-22-10-6-20(7-11-22)25-14-16-26(17-15-25)23(27)24-13-12-19-4-8-21(28-3)9-5-19/h4-11,18H,12-17H2,1-3H3,(H,24,27). The highest BCUT2D eigenvalue weighted by atomic mass is 16.5. The summed E-state index contributed by atoms with van der Waals surface area (Å²) in [6, 6.07) is 16.1. The Labute approximate surface area is 173 Å². The molecule has 0 saturated carbocycles. The van der Waals surface area contributed by atoms with Gasteiger partial charge in [-0.25, -0.2) is 4.79 Å². The molecule has 3 rings (SSSR count). The average molecular weight is 398 g/mol. The molecule has 156 valence electrons. The molecule has 6 heteroatoms. The van der Waals surface area contributed by atoms with E-state index in [0.717, 1.165) is 44.1 Å². The van der Waals surface area contributed by atoms with Crippen LogP contribution in [0.4, 0.5) is 10.5 Å². The molecule has 0 spiro atoms. The zero-order valence-corrected chi connectivity index (χ0v) is 17.6. The molecule has 0 radical (unpaired) electrons. The van der Waals surface area contributed by atoms with Gasteiger partial charge in [0.2, 0.25) is 0 Å². The lowest BCUT2D eigenvalue weighted by molar-refractivity contribution is 0.194. The van der Waals surface area contributed by atoms with E-state index in [9.17, 15) is 4.79 Å². The maximum atomic E-state index is 12.4. The molecule has 1 aliphatic rings. The number of nitrogens with zero attached hydrogens (tertiary/aromatic N) is 2. The Hall–Kier alpha value is -2.89. The summed E-state index contributed by atoms with van der Waals surface area (Å²) in [6.07, 6.45) is 0.980. The van der Waals surface area contributed by atoms with Gasteiger partial charge in [0.15, 0.2) is 0 Å². The van der Waals surface area contributed by atoms with Gasteiger partial charge in [0.25, 0.3) is 0 Å². The van der Waals surface area contributed by atoms with Crippen LogP contribution in [0.15, 0.2) is 48.5 Å². The van der Waals surface area contributed by atoms with Crippen LogP contribution in [0.2, 0.25) is 0 Å². The van der Waals surface area contributed by atoms with Gasteiger partial charge in [0.05, 0.1) is 13.2 Å². The molecule has 1 heterocycles. The summed E-state index contributed by atoms with van der Waals surface area (Å²) in [7, 11) is 1.66. The highest BCUT2D eigenvalue weighted by Crippen LogP contribution is 2.21. The minimum Gasteiger partial charge on any atom is -0.497 e. The van der Waals surface area contributed by atoms with Crippen LogP contribution in [0, 0.1) is 0 Å². The quantitative estimate of drug-likeness (QED) is 0.776. The fraction of sp³-hybridized carbons (Fsp3) is 0.435. The molecule has 2 aromatic rings. The fourth-order valence-corrected chi connectivity index (χ4v) is 3.39. The molecule has 1 fully saturated rings. The molecule has 1 N–H and O–H groups in total. The molecule has 0 aliphatic carbocycles. The number of rotatable bonds is 7. The third-order valence-electron chi connectivity index (χ3n) is 4.99. The van der Waals surface area contributed by atoms with Gasteiger partial charge in [0, 0.05) is 38.4 Å². The van der Waals surface area contributed by atoms with Crippen molar-refractivity contribution in [1.29, 1.82) is 0 Å². The van der Waals surface area contributed by atoms with E-state index in [0.29, 0.717) is 6.54 Å². The fourth-order valence-electron chi connectivity index (χ4n) is 3.39. The number of hydrogen-bond donors (Lipinski definition) is 1. The number of nitrogens with one attached hydrogen (secondary N) is 1. The minimum absolute atomic E-state index is 0.0128. The van der Waals surface area contributed by atoms with Crippen molar-refractivity contribution < 1.29 is 14.3 Å². The third-order valence-corrected chi connectivity index (χ3v) is 4.99. The summed E-state index contributed by atoms with van der Waals surface area (Å²) < 4.78 is 10.9. The van der Waals surface area contributed by atoms with E-state index >= 15 is 0 Å². The van der Waals surface area contributed by atoms with Gasteiger partial charge in [-0.05, 0) is 62.2 Å². The molecule has 0 aromatic heterocycles. The van der Waals surface area contributed by atoms with Crippen molar-refractivity contribution in [3.05, 3.63) is 54.1 Å². The second kappa shape index (κ2) is 10.0. The monoisotopic (exact) mass is 397 g/mol. The zero-order valence-electron chi connectivity index (χ0n) is 17.6. The first-order valence-corrected chi connectivity index (χ1v) is 10.2. The van der Waals surface area contributed by atoms with Crippen molar-refractivity contribution in [2.24, 2.45) is 0 Å². The Morgan fingerprint density at radius 2 is 1.59 bits per heavy atom. The van der Waals surface area contributed by atoms with E-state index in [2.05, 4.69) is 22.3 Å². The van der Waals surface area contributed by atoms with Crippen molar-refractivity contribution >= 4 is 11.7 Å². The molecular weight excluding hydrogens is 366 g/mol. The van der Waals surface area contributed by atoms with Crippen molar-refractivity contribution in [2.45, 2.75) is 26.4 Å². The smallest absolute Gasteiger partial charge is 0.317 e. The lowest BCUT2D eigenvalue weighted by Crippen LogP contribution is -2.52. The lowest BCUT2D eigenvalue weighted by Gasteiger charge is -2.36. The van der Waals surface area contributed by atoms with Crippen LogP contribution in [0.25, 0.3) is 0 Å². The molecule has 1 aliphatic heterocycles. The Kier molecular flexibility index (Phi) is 7.22. The Balaban J connectivity index is 1.40. The molecule has 0 atom stereocenters. The van der Waals surface area contributed by atoms with Crippen LogP contribution in [0.3, 0.4) is 0 Å². The molecule has 0 bridgehead atoms. The molecule has 2 amide bonds. The minimum atomic E-state index is 0.0128. The number of piperazine rings is 1.